The fourth-order valence-corrected chi connectivity index (χ4v) is 2.97. The predicted octanol–water partition coefficient (Wildman–Crippen LogP) is 4.81. The Labute approximate surface area is 182 Å². The second-order valence-electron chi connectivity index (χ2n) is 7.05. The summed E-state index contributed by atoms with van der Waals surface area (Å²) in [6.07, 6.45) is 1.56. The van der Waals surface area contributed by atoms with E-state index in [-0.39, 0.29) is 5.57 Å². The zero-order valence-corrected chi connectivity index (χ0v) is 17.6. The summed E-state index contributed by atoms with van der Waals surface area (Å²) in [6, 6.07) is 24.8. The van der Waals surface area contributed by atoms with Crippen molar-refractivity contribution in [2.75, 3.05) is 7.11 Å². The molecule has 0 saturated carbocycles. The van der Waals surface area contributed by atoms with Gasteiger partial charge in [-0.1, -0.05) is 54.1 Å². The van der Waals surface area contributed by atoms with E-state index in [2.05, 4.69) is 11.4 Å². The van der Waals surface area contributed by atoms with Gasteiger partial charge in [0.15, 0.2) is 0 Å². The zero-order valence-electron chi connectivity index (χ0n) is 17.6. The fourth-order valence-electron chi connectivity index (χ4n) is 2.97. The molecule has 0 aliphatic heterocycles. The van der Waals surface area contributed by atoms with Gasteiger partial charge in [-0.2, -0.15) is 5.26 Å². The number of hydrogen-bond acceptors (Lipinski definition) is 4. The molecule has 0 fully saturated rings. The minimum atomic E-state index is -0.418. The topological polar surface area (TPSA) is 71.3 Å². The Balaban J connectivity index is 1.57. The molecule has 0 saturated heterocycles. The van der Waals surface area contributed by atoms with Gasteiger partial charge in [0.25, 0.3) is 5.91 Å². The van der Waals surface area contributed by atoms with Crippen molar-refractivity contribution >= 4 is 12.0 Å². The minimum Gasteiger partial charge on any atom is -0.497 e. The van der Waals surface area contributed by atoms with Crippen molar-refractivity contribution in [3.63, 3.8) is 0 Å². The van der Waals surface area contributed by atoms with Crippen LogP contribution < -0.4 is 14.8 Å². The van der Waals surface area contributed by atoms with E-state index >= 15 is 0 Å². The van der Waals surface area contributed by atoms with E-state index in [1.807, 2.05) is 79.7 Å². The van der Waals surface area contributed by atoms with Gasteiger partial charge >= 0.3 is 0 Å². The number of hydrogen-bond donors (Lipinski definition) is 1. The molecular weight excluding hydrogens is 388 g/mol. The number of nitrogens with one attached hydrogen (secondary N) is 1. The minimum absolute atomic E-state index is 0.0435. The van der Waals surface area contributed by atoms with E-state index < -0.39 is 5.91 Å². The lowest BCUT2D eigenvalue weighted by molar-refractivity contribution is -0.117. The second-order valence-corrected chi connectivity index (χ2v) is 7.05. The highest BCUT2D eigenvalue weighted by atomic mass is 16.5. The van der Waals surface area contributed by atoms with Crippen LogP contribution >= 0.6 is 0 Å². The number of aryl methyl sites for hydroxylation is 1. The monoisotopic (exact) mass is 412 g/mol. The summed E-state index contributed by atoms with van der Waals surface area (Å²) in [5, 5.41) is 12.2. The number of carbonyl (C=O) groups excluding carboxylic acids is 1. The lowest BCUT2D eigenvalue weighted by Gasteiger charge is -2.08. The van der Waals surface area contributed by atoms with Crippen LogP contribution in [0.1, 0.15) is 22.3 Å². The molecule has 31 heavy (non-hydrogen) atoms. The van der Waals surface area contributed by atoms with E-state index in [1.165, 1.54) is 5.56 Å². The normalized spacial score (nSPS) is 10.8. The van der Waals surface area contributed by atoms with Gasteiger partial charge in [0.05, 0.1) is 7.11 Å². The van der Waals surface area contributed by atoms with Crippen molar-refractivity contribution in [1.29, 1.82) is 5.26 Å². The molecule has 3 aromatic rings. The van der Waals surface area contributed by atoms with Crippen LogP contribution in [0.5, 0.6) is 11.5 Å². The average molecular weight is 412 g/mol. The van der Waals surface area contributed by atoms with Crippen LogP contribution in [0.2, 0.25) is 0 Å². The highest BCUT2D eigenvalue weighted by molar-refractivity contribution is 6.01. The first-order valence-corrected chi connectivity index (χ1v) is 9.89. The van der Waals surface area contributed by atoms with Gasteiger partial charge in [0, 0.05) is 6.54 Å². The van der Waals surface area contributed by atoms with Crippen molar-refractivity contribution in [2.24, 2.45) is 0 Å². The Bertz CT molecular complexity index is 1090. The first kappa shape index (κ1) is 21.7. The standard InChI is InChI=1S/C26H24N2O3/c1-19-4-3-5-22(14-19)18-31-25-12-6-20(7-13-25)15-23(16-27)26(29)28-17-21-8-10-24(30-2)11-9-21/h3-15H,17-18H2,1-2H3,(H,28,29)/b23-15-. The Morgan fingerprint density at radius 1 is 1.00 bits per heavy atom. The summed E-state index contributed by atoms with van der Waals surface area (Å²) in [7, 11) is 1.60. The molecule has 0 bridgehead atoms. The lowest BCUT2D eigenvalue weighted by Crippen LogP contribution is -2.23. The number of benzene rings is 3. The van der Waals surface area contributed by atoms with Crippen molar-refractivity contribution < 1.29 is 14.3 Å². The summed E-state index contributed by atoms with van der Waals surface area (Å²) in [6.45, 7) is 2.85. The van der Waals surface area contributed by atoms with Crippen molar-refractivity contribution in [3.05, 3.63) is 101 Å². The molecule has 3 rings (SSSR count). The van der Waals surface area contributed by atoms with Gasteiger partial charge in [-0.3, -0.25) is 4.79 Å². The number of ether oxygens (including phenoxy) is 2. The van der Waals surface area contributed by atoms with E-state index in [1.54, 1.807) is 13.2 Å². The summed E-state index contributed by atoms with van der Waals surface area (Å²) >= 11 is 0. The average Bonchev–Trinajstić information content (AvgIpc) is 2.80. The molecule has 1 amide bonds. The molecule has 156 valence electrons. The molecule has 0 aliphatic carbocycles. The van der Waals surface area contributed by atoms with E-state index in [4.69, 9.17) is 9.47 Å². The number of nitrogens with zero attached hydrogens (tertiary/aromatic N) is 1. The molecule has 0 heterocycles. The van der Waals surface area contributed by atoms with Crippen LogP contribution in [0.25, 0.3) is 6.08 Å². The number of methoxy groups -OCH3 is 1. The molecule has 5 heteroatoms. The Hall–Kier alpha value is -4.04. The number of nitriles is 1. The van der Waals surface area contributed by atoms with E-state index in [9.17, 15) is 10.1 Å². The maximum absolute atomic E-state index is 12.4. The predicted molar refractivity (Wildman–Crippen MR) is 120 cm³/mol. The SMILES string of the molecule is COc1ccc(CNC(=O)/C(C#N)=C\c2ccc(OCc3cccc(C)c3)cc2)cc1. The number of rotatable bonds is 8. The third kappa shape index (κ3) is 6.48. The lowest BCUT2D eigenvalue weighted by atomic mass is 10.1. The number of carbonyl (C=O) groups is 1. The molecule has 0 unspecified atom stereocenters. The molecule has 5 nitrogen and oxygen atoms in total. The first-order valence-electron chi connectivity index (χ1n) is 9.89. The molecular formula is C26H24N2O3. The zero-order chi connectivity index (χ0) is 22.1. The quantitative estimate of drug-likeness (QED) is 0.426. The van der Waals surface area contributed by atoms with Gasteiger partial charge in [-0.05, 0) is 54.0 Å². The number of amides is 1. The van der Waals surface area contributed by atoms with Crippen LogP contribution in [0, 0.1) is 18.3 Å². The summed E-state index contributed by atoms with van der Waals surface area (Å²) in [4.78, 5) is 12.4. The van der Waals surface area contributed by atoms with Crippen LogP contribution in [-0.2, 0) is 17.9 Å². The van der Waals surface area contributed by atoms with Crippen molar-refractivity contribution in [3.8, 4) is 17.6 Å². The van der Waals surface area contributed by atoms with Gasteiger partial charge in [0.1, 0.15) is 29.7 Å². The van der Waals surface area contributed by atoms with Crippen LogP contribution in [0.3, 0.4) is 0 Å². The Morgan fingerprint density at radius 3 is 2.35 bits per heavy atom. The van der Waals surface area contributed by atoms with Crippen molar-refractivity contribution in [1.82, 2.24) is 5.32 Å². The van der Waals surface area contributed by atoms with Gasteiger partial charge in [-0.15, -0.1) is 0 Å². The smallest absolute Gasteiger partial charge is 0.262 e. The third-order valence-corrected chi connectivity index (χ3v) is 4.66. The summed E-state index contributed by atoms with van der Waals surface area (Å²) in [5.74, 6) is 1.05. The molecule has 0 aliphatic rings. The first-order chi connectivity index (χ1) is 15.1. The Morgan fingerprint density at radius 2 is 1.71 bits per heavy atom. The van der Waals surface area contributed by atoms with E-state index in [0.29, 0.717) is 13.2 Å². The van der Waals surface area contributed by atoms with Gasteiger partial charge in [0.2, 0.25) is 0 Å². The third-order valence-electron chi connectivity index (χ3n) is 4.66. The largest absolute Gasteiger partial charge is 0.497 e. The molecule has 0 aromatic heterocycles. The maximum Gasteiger partial charge on any atom is 0.262 e. The molecule has 3 aromatic carbocycles. The second kappa shape index (κ2) is 10.7. The molecule has 0 radical (unpaired) electrons. The highest BCUT2D eigenvalue weighted by Crippen LogP contribution is 2.17. The maximum atomic E-state index is 12.4. The summed E-state index contributed by atoms with van der Waals surface area (Å²) in [5.41, 5.74) is 4.00. The van der Waals surface area contributed by atoms with Crippen LogP contribution in [-0.4, -0.2) is 13.0 Å². The molecule has 1 N–H and O–H groups in total. The van der Waals surface area contributed by atoms with Gasteiger partial charge in [-0.25, -0.2) is 0 Å². The van der Waals surface area contributed by atoms with Crippen LogP contribution in [0.4, 0.5) is 0 Å². The van der Waals surface area contributed by atoms with Gasteiger partial charge < -0.3 is 14.8 Å². The molecule has 0 spiro atoms. The summed E-state index contributed by atoms with van der Waals surface area (Å²) < 4.78 is 10.9. The van der Waals surface area contributed by atoms with Crippen LogP contribution in [0.15, 0.2) is 78.4 Å². The molecule has 0 atom stereocenters. The fraction of sp³-hybridized carbons (Fsp3) is 0.154. The Kier molecular flexibility index (Phi) is 7.45. The highest BCUT2D eigenvalue weighted by Gasteiger charge is 2.09. The van der Waals surface area contributed by atoms with Crippen molar-refractivity contribution in [2.45, 2.75) is 20.1 Å². The van der Waals surface area contributed by atoms with E-state index in [0.717, 1.165) is 28.2 Å².